The molecule has 0 atom stereocenters. The van der Waals surface area contributed by atoms with Crippen LogP contribution in [0.4, 0.5) is 0 Å². The van der Waals surface area contributed by atoms with Gasteiger partial charge in [0, 0.05) is 59.4 Å². The second-order valence-electron chi connectivity index (χ2n) is 12.8. The zero-order valence-electron chi connectivity index (χ0n) is 27.1. The van der Waals surface area contributed by atoms with Crippen LogP contribution >= 0.6 is 11.3 Å². The van der Waals surface area contributed by atoms with E-state index >= 15 is 0 Å². The first-order valence-electron chi connectivity index (χ1n) is 17.0. The molecule has 0 radical (unpaired) electrons. The van der Waals surface area contributed by atoms with E-state index in [1.807, 2.05) is 66.7 Å². The summed E-state index contributed by atoms with van der Waals surface area (Å²) in [7, 11) is 0. The van der Waals surface area contributed by atoms with E-state index in [1.165, 1.54) is 41.8 Å². The van der Waals surface area contributed by atoms with E-state index < -0.39 is 0 Å². The van der Waals surface area contributed by atoms with Crippen LogP contribution in [0, 0.1) is 0 Å². The fourth-order valence-corrected chi connectivity index (χ4v) is 8.78. The highest BCUT2D eigenvalue weighted by atomic mass is 32.1. The highest BCUT2D eigenvalue weighted by Crippen LogP contribution is 2.50. The molecule has 11 aromatic rings. The zero-order valence-corrected chi connectivity index (χ0v) is 27.9. The summed E-state index contributed by atoms with van der Waals surface area (Å²) in [6.45, 7) is 0. The monoisotopic (exact) mass is 670 g/mol. The topological polar surface area (TPSA) is 56.7 Å². The quantitative estimate of drug-likeness (QED) is 0.187. The molecule has 0 aliphatic carbocycles. The second kappa shape index (κ2) is 10.9. The molecule has 6 heteroatoms. The van der Waals surface area contributed by atoms with Crippen LogP contribution in [0.25, 0.3) is 104 Å². The molecular weight excluding hydrogens is 645 g/mol. The normalized spacial score (nSPS) is 11.9. The summed E-state index contributed by atoms with van der Waals surface area (Å²) >= 11 is 1.80. The third-order valence-electron chi connectivity index (χ3n) is 9.84. The van der Waals surface area contributed by atoms with Crippen LogP contribution in [-0.2, 0) is 0 Å². The van der Waals surface area contributed by atoms with Gasteiger partial charge in [0.2, 0.25) is 0 Å². The lowest BCUT2D eigenvalue weighted by Crippen LogP contribution is -2.00. The number of benzene rings is 7. The molecule has 0 saturated carbocycles. The van der Waals surface area contributed by atoms with E-state index in [0.29, 0.717) is 17.5 Å². The number of aromatic nitrogens is 4. The number of hydrogen-bond donors (Lipinski definition) is 0. The van der Waals surface area contributed by atoms with Gasteiger partial charge in [-0.25, -0.2) is 15.0 Å². The minimum Gasteiger partial charge on any atom is -0.455 e. The molecule has 5 nitrogen and oxygen atoms in total. The summed E-state index contributed by atoms with van der Waals surface area (Å²) in [4.78, 5) is 14.8. The van der Waals surface area contributed by atoms with Gasteiger partial charge in [-0.05, 0) is 42.5 Å². The van der Waals surface area contributed by atoms with E-state index in [2.05, 4.69) is 95.6 Å². The molecule has 4 heterocycles. The summed E-state index contributed by atoms with van der Waals surface area (Å²) < 4.78 is 11.5. The van der Waals surface area contributed by atoms with E-state index in [-0.39, 0.29) is 0 Å². The van der Waals surface area contributed by atoms with E-state index in [9.17, 15) is 0 Å². The Labute approximate surface area is 295 Å². The maximum atomic E-state index is 6.70. The fraction of sp³-hybridized carbons (Fsp3) is 0. The van der Waals surface area contributed by atoms with Gasteiger partial charge in [0.05, 0.1) is 15.7 Å². The fourth-order valence-electron chi connectivity index (χ4n) is 7.59. The van der Waals surface area contributed by atoms with Crippen LogP contribution in [0.15, 0.2) is 162 Å². The molecule has 0 unspecified atom stereocenters. The van der Waals surface area contributed by atoms with Crippen molar-refractivity contribution in [2.75, 3.05) is 0 Å². The largest absolute Gasteiger partial charge is 0.455 e. The van der Waals surface area contributed by atoms with Crippen LogP contribution in [-0.4, -0.2) is 19.5 Å². The third-order valence-corrected chi connectivity index (χ3v) is 11.0. The molecule has 7 aromatic carbocycles. The number of thiophene rings is 1. The predicted molar refractivity (Wildman–Crippen MR) is 211 cm³/mol. The Morgan fingerprint density at radius 1 is 0.451 bits per heavy atom. The molecule has 0 spiro atoms. The Morgan fingerprint density at radius 3 is 1.69 bits per heavy atom. The molecule has 11 rings (SSSR count). The number of furan rings is 1. The van der Waals surface area contributed by atoms with Gasteiger partial charge in [0.15, 0.2) is 23.1 Å². The van der Waals surface area contributed by atoms with Crippen molar-refractivity contribution in [3.05, 3.63) is 158 Å². The molecular formula is C45H26N4OS. The van der Waals surface area contributed by atoms with Crippen molar-refractivity contribution >= 4 is 75.3 Å². The Morgan fingerprint density at radius 2 is 1.00 bits per heavy atom. The molecule has 0 N–H and O–H groups in total. The van der Waals surface area contributed by atoms with Crippen molar-refractivity contribution < 1.29 is 4.42 Å². The maximum absolute atomic E-state index is 6.70. The SMILES string of the molecule is c1ccc(-c2nc(-c3ccccc3)nc(-c3ccc(-n4c5ccccc5c5c6c7ccccc7oc6c6sc7ccccc7c6c54)cc3)n2)cc1. The smallest absolute Gasteiger partial charge is 0.164 e. The summed E-state index contributed by atoms with van der Waals surface area (Å²) in [5.74, 6) is 1.93. The van der Waals surface area contributed by atoms with Gasteiger partial charge in [-0.3, -0.25) is 0 Å². The molecule has 0 aliphatic rings. The first kappa shape index (κ1) is 28.2. The van der Waals surface area contributed by atoms with Crippen molar-refractivity contribution in [3.8, 4) is 39.9 Å². The first-order valence-corrected chi connectivity index (χ1v) is 17.8. The number of nitrogens with zero attached hydrogens (tertiary/aromatic N) is 4. The predicted octanol–water partition coefficient (Wildman–Crippen LogP) is 12.2. The molecule has 0 aliphatic heterocycles. The molecule has 238 valence electrons. The maximum Gasteiger partial charge on any atom is 0.164 e. The van der Waals surface area contributed by atoms with Gasteiger partial charge in [0.1, 0.15) is 5.58 Å². The Balaban J connectivity index is 1.18. The zero-order chi connectivity index (χ0) is 33.5. The standard InChI is InChI=1S/C45H26N4OS/c1-3-13-27(14-4-1)43-46-44(28-15-5-2-6-16-28)48-45(47-43)29-23-25-30(26-24-29)49-34-20-10-7-17-31(34)37-38-32-18-8-11-21-35(32)50-41(38)42-39(40(37)49)33-19-9-12-22-36(33)51-42/h1-26H. The summed E-state index contributed by atoms with van der Waals surface area (Å²) in [6, 6.07) is 54.7. The Hall–Kier alpha value is -6.63. The van der Waals surface area contributed by atoms with Crippen molar-refractivity contribution in [1.82, 2.24) is 19.5 Å². The third kappa shape index (κ3) is 4.24. The second-order valence-corrected chi connectivity index (χ2v) is 13.8. The average molecular weight is 671 g/mol. The van der Waals surface area contributed by atoms with Crippen LogP contribution < -0.4 is 0 Å². The lowest BCUT2D eigenvalue weighted by Gasteiger charge is -2.11. The lowest BCUT2D eigenvalue weighted by molar-refractivity contribution is 0.673. The van der Waals surface area contributed by atoms with Crippen LogP contribution in [0.3, 0.4) is 0 Å². The van der Waals surface area contributed by atoms with E-state index in [4.69, 9.17) is 19.4 Å². The van der Waals surface area contributed by atoms with Crippen molar-refractivity contribution in [2.24, 2.45) is 0 Å². The molecule has 51 heavy (non-hydrogen) atoms. The minimum absolute atomic E-state index is 0.634. The molecule has 4 aromatic heterocycles. The van der Waals surface area contributed by atoms with Gasteiger partial charge in [-0.15, -0.1) is 11.3 Å². The Bertz CT molecular complexity index is 3070. The van der Waals surface area contributed by atoms with Crippen LogP contribution in [0.2, 0.25) is 0 Å². The summed E-state index contributed by atoms with van der Waals surface area (Å²) in [5, 5.41) is 7.16. The number of rotatable bonds is 4. The van der Waals surface area contributed by atoms with E-state index in [1.54, 1.807) is 11.3 Å². The number of fused-ring (bicyclic) bond motifs is 12. The van der Waals surface area contributed by atoms with Crippen LogP contribution in [0.1, 0.15) is 0 Å². The van der Waals surface area contributed by atoms with Gasteiger partial charge in [-0.1, -0.05) is 115 Å². The number of hydrogen-bond acceptors (Lipinski definition) is 5. The highest BCUT2D eigenvalue weighted by Gasteiger charge is 2.25. The molecule has 0 amide bonds. The molecule has 0 bridgehead atoms. The van der Waals surface area contributed by atoms with Crippen molar-refractivity contribution in [2.45, 2.75) is 0 Å². The van der Waals surface area contributed by atoms with E-state index in [0.717, 1.165) is 44.4 Å². The lowest BCUT2D eigenvalue weighted by atomic mass is 10.0. The van der Waals surface area contributed by atoms with Gasteiger partial charge >= 0.3 is 0 Å². The minimum atomic E-state index is 0.634. The van der Waals surface area contributed by atoms with Crippen LogP contribution in [0.5, 0.6) is 0 Å². The van der Waals surface area contributed by atoms with Crippen molar-refractivity contribution in [1.29, 1.82) is 0 Å². The first-order chi connectivity index (χ1) is 25.3. The Kier molecular flexibility index (Phi) is 6.05. The average Bonchev–Trinajstić information content (AvgIpc) is 3.88. The molecule has 0 saturated heterocycles. The van der Waals surface area contributed by atoms with Gasteiger partial charge in [0.25, 0.3) is 0 Å². The van der Waals surface area contributed by atoms with Gasteiger partial charge < -0.3 is 8.98 Å². The van der Waals surface area contributed by atoms with Crippen molar-refractivity contribution in [3.63, 3.8) is 0 Å². The summed E-state index contributed by atoms with van der Waals surface area (Å²) in [5.41, 5.74) is 8.08. The summed E-state index contributed by atoms with van der Waals surface area (Å²) in [6.07, 6.45) is 0. The van der Waals surface area contributed by atoms with Gasteiger partial charge in [-0.2, -0.15) is 0 Å². The number of para-hydroxylation sites is 2. The molecule has 0 fully saturated rings. The highest BCUT2D eigenvalue weighted by molar-refractivity contribution is 7.26.